The maximum atomic E-state index is 12.6. The van der Waals surface area contributed by atoms with Gasteiger partial charge in [-0.15, -0.1) is 11.8 Å². The van der Waals surface area contributed by atoms with Crippen LogP contribution in [0.15, 0.2) is 42.7 Å². The van der Waals surface area contributed by atoms with Crippen LogP contribution in [0.25, 0.3) is 0 Å². The number of hydrogen-bond donors (Lipinski definition) is 1. The van der Waals surface area contributed by atoms with Gasteiger partial charge < -0.3 is 10.2 Å². The van der Waals surface area contributed by atoms with Crippen LogP contribution in [0.3, 0.4) is 0 Å². The van der Waals surface area contributed by atoms with Gasteiger partial charge in [0.15, 0.2) is 0 Å². The van der Waals surface area contributed by atoms with Gasteiger partial charge in [0.05, 0.1) is 15.8 Å². The van der Waals surface area contributed by atoms with Crippen LogP contribution in [0, 0.1) is 0 Å². The highest BCUT2D eigenvalue weighted by Gasteiger charge is 2.38. The summed E-state index contributed by atoms with van der Waals surface area (Å²) in [5, 5.41) is 3.49. The van der Waals surface area contributed by atoms with Crippen LogP contribution in [0.4, 0.5) is 0 Å². The first-order valence-corrected chi connectivity index (χ1v) is 9.82. The van der Waals surface area contributed by atoms with Crippen molar-refractivity contribution in [2.24, 2.45) is 0 Å². The van der Waals surface area contributed by atoms with Crippen molar-refractivity contribution in [1.29, 1.82) is 0 Å². The molecule has 3 rings (SSSR count). The minimum absolute atomic E-state index is 0.0716. The van der Waals surface area contributed by atoms with Gasteiger partial charge in [0.1, 0.15) is 11.4 Å². The first-order valence-electron chi connectivity index (χ1n) is 8.01. The molecule has 1 aromatic heterocycles. The predicted octanol–water partition coefficient (Wildman–Crippen LogP) is 3.67. The molecule has 5 nitrogen and oxygen atoms in total. The molecule has 1 N–H and O–H groups in total. The SMILES string of the molecule is CC(C(=O)NCc1ccncc1)N1C(=O)CSC1c1ccc(Cl)c(Cl)c1. The second-order valence-corrected chi connectivity index (χ2v) is 7.77. The Balaban J connectivity index is 1.72. The Morgan fingerprint density at radius 3 is 2.73 bits per heavy atom. The molecule has 2 unspecified atom stereocenters. The second-order valence-electron chi connectivity index (χ2n) is 5.89. The highest BCUT2D eigenvalue weighted by Crippen LogP contribution is 2.41. The molecule has 1 aliphatic rings. The van der Waals surface area contributed by atoms with Crippen molar-refractivity contribution < 1.29 is 9.59 Å². The van der Waals surface area contributed by atoms with Crippen molar-refractivity contribution in [1.82, 2.24) is 15.2 Å². The van der Waals surface area contributed by atoms with Gasteiger partial charge in [0.2, 0.25) is 11.8 Å². The van der Waals surface area contributed by atoms with E-state index in [-0.39, 0.29) is 17.2 Å². The van der Waals surface area contributed by atoms with Gasteiger partial charge in [0.25, 0.3) is 0 Å². The zero-order valence-electron chi connectivity index (χ0n) is 14.0. The number of aromatic nitrogens is 1. The third-order valence-electron chi connectivity index (χ3n) is 4.15. The number of halogens is 2. The number of carbonyl (C=O) groups is 2. The lowest BCUT2D eigenvalue weighted by atomic mass is 10.1. The standard InChI is InChI=1S/C18H17Cl2N3O2S/c1-11(17(25)22-9-12-4-6-21-7-5-12)23-16(24)10-26-18(23)13-2-3-14(19)15(20)8-13/h2-8,11,18H,9-10H2,1H3,(H,22,25). The van der Waals surface area contributed by atoms with Gasteiger partial charge in [-0.1, -0.05) is 29.3 Å². The zero-order valence-corrected chi connectivity index (χ0v) is 16.3. The van der Waals surface area contributed by atoms with Crippen LogP contribution in [-0.4, -0.2) is 33.5 Å². The lowest BCUT2D eigenvalue weighted by Gasteiger charge is -2.29. The highest BCUT2D eigenvalue weighted by molar-refractivity contribution is 8.00. The van der Waals surface area contributed by atoms with E-state index in [0.29, 0.717) is 22.3 Å². The van der Waals surface area contributed by atoms with Crippen molar-refractivity contribution in [3.05, 3.63) is 63.9 Å². The highest BCUT2D eigenvalue weighted by atomic mass is 35.5. The molecule has 0 spiro atoms. The molecule has 1 aromatic carbocycles. The average Bonchev–Trinajstić information content (AvgIpc) is 3.03. The lowest BCUT2D eigenvalue weighted by Crippen LogP contribution is -2.46. The summed E-state index contributed by atoms with van der Waals surface area (Å²) < 4.78 is 0. The Kier molecular flexibility index (Phi) is 6.06. The molecule has 2 amide bonds. The fourth-order valence-corrected chi connectivity index (χ4v) is 4.30. The summed E-state index contributed by atoms with van der Waals surface area (Å²) in [7, 11) is 0. The summed E-state index contributed by atoms with van der Waals surface area (Å²) in [6.07, 6.45) is 3.34. The normalized spacial score (nSPS) is 18.0. The molecule has 2 aromatic rings. The molecule has 0 saturated carbocycles. The van der Waals surface area contributed by atoms with E-state index in [9.17, 15) is 9.59 Å². The Bertz CT molecular complexity index is 819. The third-order valence-corrected chi connectivity index (χ3v) is 6.11. The number of nitrogens with one attached hydrogen (secondary N) is 1. The van der Waals surface area contributed by atoms with Crippen molar-refractivity contribution in [3.63, 3.8) is 0 Å². The van der Waals surface area contributed by atoms with E-state index in [2.05, 4.69) is 10.3 Å². The number of hydrogen-bond acceptors (Lipinski definition) is 4. The summed E-state index contributed by atoms with van der Waals surface area (Å²) in [4.78, 5) is 30.5. The molecule has 1 aliphatic heterocycles. The molecule has 1 fully saturated rings. The number of amides is 2. The van der Waals surface area contributed by atoms with E-state index >= 15 is 0 Å². The molecule has 2 atom stereocenters. The van der Waals surface area contributed by atoms with Gasteiger partial charge in [-0.05, 0) is 42.3 Å². The van der Waals surface area contributed by atoms with Gasteiger partial charge in [-0.2, -0.15) is 0 Å². The summed E-state index contributed by atoms with van der Waals surface area (Å²) >= 11 is 13.6. The van der Waals surface area contributed by atoms with E-state index in [1.165, 1.54) is 11.8 Å². The molecule has 2 heterocycles. The summed E-state index contributed by atoms with van der Waals surface area (Å²) in [6.45, 7) is 2.12. The number of thioether (sulfide) groups is 1. The van der Waals surface area contributed by atoms with E-state index in [1.807, 2.05) is 18.2 Å². The van der Waals surface area contributed by atoms with Crippen LogP contribution in [0.1, 0.15) is 23.4 Å². The number of rotatable bonds is 5. The monoisotopic (exact) mass is 409 g/mol. The Labute approximate surface area is 166 Å². The number of pyridine rings is 1. The maximum absolute atomic E-state index is 12.6. The molecule has 0 radical (unpaired) electrons. The minimum atomic E-state index is -0.598. The number of benzene rings is 1. The summed E-state index contributed by atoms with van der Waals surface area (Å²) in [6, 6.07) is 8.35. The van der Waals surface area contributed by atoms with Crippen LogP contribution < -0.4 is 5.32 Å². The van der Waals surface area contributed by atoms with Crippen LogP contribution in [0.5, 0.6) is 0 Å². The topological polar surface area (TPSA) is 62.3 Å². The average molecular weight is 410 g/mol. The van der Waals surface area contributed by atoms with Gasteiger partial charge in [-0.3, -0.25) is 14.6 Å². The van der Waals surface area contributed by atoms with E-state index < -0.39 is 6.04 Å². The Morgan fingerprint density at radius 2 is 2.04 bits per heavy atom. The van der Waals surface area contributed by atoms with Gasteiger partial charge in [0, 0.05) is 18.9 Å². The Morgan fingerprint density at radius 1 is 1.31 bits per heavy atom. The van der Waals surface area contributed by atoms with Crippen LogP contribution in [0.2, 0.25) is 10.0 Å². The second kappa shape index (κ2) is 8.29. The van der Waals surface area contributed by atoms with Crippen molar-refractivity contribution in [2.75, 3.05) is 5.75 Å². The zero-order chi connectivity index (χ0) is 18.7. The van der Waals surface area contributed by atoms with E-state index in [4.69, 9.17) is 23.2 Å². The van der Waals surface area contributed by atoms with Gasteiger partial charge in [-0.25, -0.2) is 0 Å². The molecule has 8 heteroatoms. The number of carbonyl (C=O) groups excluding carboxylic acids is 2. The molecular weight excluding hydrogens is 393 g/mol. The maximum Gasteiger partial charge on any atom is 0.242 e. The molecule has 26 heavy (non-hydrogen) atoms. The number of nitrogens with zero attached hydrogens (tertiary/aromatic N) is 2. The predicted molar refractivity (Wildman–Crippen MR) is 104 cm³/mol. The van der Waals surface area contributed by atoms with Crippen molar-refractivity contribution >= 4 is 46.8 Å². The molecular formula is C18H17Cl2N3O2S. The minimum Gasteiger partial charge on any atom is -0.350 e. The molecule has 136 valence electrons. The Hall–Kier alpha value is -1.76. The first kappa shape index (κ1) is 19.0. The smallest absolute Gasteiger partial charge is 0.242 e. The molecule has 0 aliphatic carbocycles. The molecule has 0 bridgehead atoms. The van der Waals surface area contributed by atoms with Crippen LogP contribution in [-0.2, 0) is 16.1 Å². The van der Waals surface area contributed by atoms with E-state index in [0.717, 1.165) is 11.1 Å². The summed E-state index contributed by atoms with van der Waals surface area (Å²) in [5.74, 6) is 0.0488. The van der Waals surface area contributed by atoms with Gasteiger partial charge >= 0.3 is 0 Å². The quantitative estimate of drug-likeness (QED) is 0.817. The summed E-state index contributed by atoms with van der Waals surface area (Å²) in [5.41, 5.74) is 1.80. The third kappa shape index (κ3) is 4.14. The first-order chi connectivity index (χ1) is 12.5. The van der Waals surface area contributed by atoms with Crippen molar-refractivity contribution in [3.8, 4) is 0 Å². The van der Waals surface area contributed by atoms with E-state index in [1.54, 1.807) is 36.4 Å². The molecule has 1 saturated heterocycles. The van der Waals surface area contributed by atoms with Crippen molar-refractivity contribution in [2.45, 2.75) is 24.9 Å². The van der Waals surface area contributed by atoms with Crippen LogP contribution >= 0.6 is 35.0 Å². The lowest BCUT2D eigenvalue weighted by molar-refractivity contribution is -0.137. The fraction of sp³-hybridized carbons (Fsp3) is 0.278. The largest absolute Gasteiger partial charge is 0.350 e. The fourth-order valence-electron chi connectivity index (χ4n) is 2.74.